The number of aliphatic carboxylic acids is 1. The average Bonchev–Trinajstić information content (AvgIpc) is 2.82. The first-order chi connectivity index (χ1) is 15.8. The van der Waals surface area contributed by atoms with Gasteiger partial charge < -0.3 is 31.5 Å². The summed E-state index contributed by atoms with van der Waals surface area (Å²) in [6.45, 7) is 0.652. The summed E-state index contributed by atoms with van der Waals surface area (Å²) < 4.78 is 0. The highest BCUT2D eigenvalue weighted by atomic mass is 35.5. The molecule has 0 spiro atoms. The van der Waals surface area contributed by atoms with Crippen LogP contribution in [0.2, 0.25) is 0 Å². The molecule has 2 aromatic carbocycles. The first kappa shape index (κ1) is 23.9. The summed E-state index contributed by atoms with van der Waals surface area (Å²) in [6, 6.07) is 12.4. The average molecular weight is 474 g/mol. The first-order valence-corrected chi connectivity index (χ1v) is 10.6. The number of carbonyl (C=O) groups is 3. The molecule has 0 saturated heterocycles. The van der Waals surface area contributed by atoms with Crippen molar-refractivity contribution in [3.8, 4) is 5.75 Å². The fraction of sp³-hybridized carbons (Fsp3) is 0.273. The Balaban J connectivity index is 1.55. The molecule has 10 nitrogen and oxygen atoms in total. The molecule has 0 saturated carbocycles. The van der Waals surface area contributed by atoms with Crippen molar-refractivity contribution in [3.05, 3.63) is 59.7 Å². The number of carboxylic acids is 1. The number of para-hydroxylation sites is 1. The second-order valence-electron chi connectivity index (χ2n) is 7.30. The number of phenols is 1. The van der Waals surface area contributed by atoms with Gasteiger partial charge in [0, 0.05) is 29.9 Å². The number of benzene rings is 2. The van der Waals surface area contributed by atoms with Crippen molar-refractivity contribution in [2.75, 3.05) is 31.5 Å². The maximum atomic E-state index is 12.5. The molecular formula is C22H24ClN5O5. The zero-order chi connectivity index (χ0) is 23.8. The molecular weight excluding hydrogens is 450 g/mol. The van der Waals surface area contributed by atoms with E-state index in [2.05, 4.69) is 26.3 Å². The summed E-state index contributed by atoms with van der Waals surface area (Å²) in [6.07, 6.45) is 0.958. The van der Waals surface area contributed by atoms with E-state index in [1.165, 1.54) is 24.3 Å². The van der Waals surface area contributed by atoms with Crippen molar-refractivity contribution in [1.29, 1.82) is 0 Å². The van der Waals surface area contributed by atoms with Gasteiger partial charge in [-0.2, -0.15) is 0 Å². The first-order valence-electron chi connectivity index (χ1n) is 10.2. The number of phenolic OH excluding ortho intramolecular Hbond substituents is 1. The molecule has 1 aliphatic heterocycles. The van der Waals surface area contributed by atoms with Gasteiger partial charge in [0.1, 0.15) is 5.75 Å². The zero-order valence-electron chi connectivity index (χ0n) is 17.6. The number of halogens is 1. The Morgan fingerprint density at radius 2 is 1.91 bits per heavy atom. The van der Waals surface area contributed by atoms with Crippen LogP contribution in [-0.2, 0) is 14.5 Å². The number of nitrogens with one attached hydrogen (secondary N) is 4. The Morgan fingerprint density at radius 1 is 1.12 bits per heavy atom. The fourth-order valence-electron chi connectivity index (χ4n) is 3.13. The van der Waals surface area contributed by atoms with Gasteiger partial charge in [0.05, 0.1) is 13.1 Å². The Labute approximate surface area is 195 Å². The lowest BCUT2D eigenvalue weighted by atomic mass is 9.97. The minimum absolute atomic E-state index is 0.0510. The highest BCUT2D eigenvalue weighted by molar-refractivity contribution is 6.34. The number of hydrogen-bond acceptors (Lipinski definition) is 7. The van der Waals surface area contributed by atoms with Crippen LogP contribution in [0.4, 0.5) is 5.69 Å². The van der Waals surface area contributed by atoms with E-state index in [0.29, 0.717) is 17.2 Å². The molecule has 174 valence electrons. The highest BCUT2D eigenvalue weighted by Crippen LogP contribution is 2.35. The van der Waals surface area contributed by atoms with Crippen LogP contribution in [0.1, 0.15) is 22.3 Å². The number of alkyl halides is 1. The number of guanidine groups is 1. The number of nitrogens with zero attached hydrogens (tertiary/aromatic N) is 1. The van der Waals surface area contributed by atoms with Crippen LogP contribution in [0.5, 0.6) is 5.75 Å². The summed E-state index contributed by atoms with van der Waals surface area (Å²) in [5.74, 6) is -2.23. The maximum absolute atomic E-state index is 12.5. The molecule has 0 radical (unpaired) electrons. The second-order valence-corrected chi connectivity index (χ2v) is 7.94. The van der Waals surface area contributed by atoms with Gasteiger partial charge in [-0.25, -0.2) is 4.79 Å². The molecule has 1 heterocycles. The highest BCUT2D eigenvalue weighted by Gasteiger charge is 2.40. The van der Waals surface area contributed by atoms with Gasteiger partial charge in [-0.3, -0.25) is 14.6 Å². The van der Waals surface area contributed by atoms with E-state index in [1.807, 2.05) is 0 Å². The monoisotopic (exact) mass is 473 g/mol. The molecule has 11 heteroatoms. The third-order valence-electron chi connectivity index (χ3n) is 4.89. The topological polar surface area (TPSA) is 152 Å². The number of rotatable bonds is 8. The molecule has 0 fully saturated rings. The number of anilines is 1. The third kappa shape index (κ3) is 6.13. The summed E-state index contributed by atoms with van der Waals surface area (Å²) in [4.78, 5) is 38.6. The van der Waals surface area contributed by atoms with Crippen LogP contribution >= 0.6 is 11.6 Å². The van der Waals surface area contributed by atoms with Crippen LogP contribution < -0.4 is 21.3 Å². The molecule has 3 rings (SSSR count). The van der Waals surface area contributed by atoms with Gasteiger partial charge in [0.25, 0.3) is 5.91 Å². The SMILES string of the molecule is O=C(CNC(=O)c1cccc(NC2=NCCCN2)c1)NCC(Cl)(C(=O)O)c1ccccc1O. The van der Waals surface area contributed by atoms with Crippen molar-refractivity contribution >= 4 is 41.0 Å². The Bertz CT molecular complexity index is 1080. The zero-order valence-corrected chi connectivity index (χ0v) is 18.4. The van der Waals surface area contributed by atoms with Crippen LogP contribution in [0.25, 0.3) is 0 Å². The summed E-state index contributed by atoms with van der Waals surface area (Å²) in [5, 5.41) is 30.6. The van der Waals surface area contributed by atoms with Gasteiger partial charge in [-0.1, -0.05) is 35.9 Å². The fourth-order valence-corrected chi connectivity index (χ4v) is 3.36. The van der Waals surface area contributed by atoms with Crippen LogP contribution in [0.15, 0.2) is 53.5 Å². The van der Waals surface area contributed by atoms with E-state index in [0.717, 1.165) is 19.5 Å². The molecule has 0 bridgehead atoms. The number of hydrogen-bond donors (Lipinski definition) is 6. The number of carboxylic acid groups (broad SMARTS) is 1. The second kappa shape index (κ2) is 10.7. The van der Waals surface area contributed by atoms with Crippen molar-refractivity contribution in [3.63, 3.8) is 0 Å². The van der Waals surface area contributed by atoms with E-state index in [4.69, 9.17) is 11.6 Å². The van der Waals surface area contributed by atoms with Gasteiger partial charge in [0.15, 0.2) is 10.8 Å². The summed E-state index contributed by atoms with van der Waals surface area (Å²) in [5.41, 5.74) is 0.942. The van der Waals surface area contributed by atoms with Gasteiger partial charge in [0.2, 0.25) is 5.91 Å². The number of aliphatic imine (C=N–C) groups is 1. The summed E-state index contributed by atoms with van der Waals surface area (Å²) >= 11 is 6.22. The van der Waals surface area contributed by atoms with Crippen molar-refractivity contribution < 1.29 is 24.6 Å². The molecule has 1 aliphatic rings. The van der Waals surface area contributed by atoms with E-state index in [1.54, 1.807) is 24.3 Å². The third-order valence-corrected chi connectivity index (χ3v) is 5.39. The minimum Gasteiger partial charge on any atom is -0.508 e. The summed E-state index contributed by atoms with van der Waals surface area (Å²) in [7, 11) is 0. The van der Waals surface area contributed by atoms with Crippen LogP contribution in [0, 0.1) is 0 Å². The Hall–Kier alpha value is -3.79. The largest absolute Gasteiger partial charge is 0.508 e. The molecule has 6 N–H and O–H groups in total. The number of carbonyl (C=O) groups excluding carboxylic acids is 2. The molecule has 0 aliphatic carbocycles. The molecule has 1 unspecified atom stereocenters. The van der Waals surface area contributed by atoms with Gasteiger partial charge >= 0.3 is 5.97 Å². The lowest BCUT2D eigenvalue weighted by Gasteiger charge is -2.24. The number of aromatic hydroxyl groups is 1. The quantitative estimate of drug-likeness (QED) is 0.315. The predicted molar refractivity (Wildman–Crippen MR) is 124 cm³/mol. The van der Waals surface area contributed by atoms with E-state index in [9.17, 15) is 24.6 Å². The molecule has 2 amide bonds. The van der Waals surface area contributed by atoms with Crippen molar-refractivity contribution in [2.45, 2.75) is 11.3 Å². The lowest BCUT2D eigenvalue weighted by Crippen LogP contribution is -2.45. The lowest BCUT2D eigenvalue weighted by molar-refractivity contribution is -0.140. The van der Waals surface area contributed by atoms with Crippen molar-refractivity contribution in [1.82, 2.24) is 16.0 Å². The Kier molecular flexibility index (Phi) is 7.73. The molecule has 33 heavy (non-hydrogen) atoms. The van der Waals surface area contributed by atoms with E-state index >= 15 is 0 Å². The Morgan fingerprint density at radius 3 is 2.61 bits per heavy atom. The van der Waals surface area contributed by atoms with Crippen LogP contribution in [0.3, 0.4) is 0 Å². The standard InChI is InChI=1S/C22H24ClN5O5/c23-22(20(32)33,16-7-1-2-8-17(16)29)13-27-18(30)12-26-19(31)14-5-3-6-15(11-14)28-21-24-9-4-10-25-21/h1-3,5-8,11,29H,4,9-10,12-13H2,(H,26,31)(H,27,30)(H,32,33)(H2,24,25,28). The van der Waals surface area contributed by atoms with Crippen LogP contribution in [-0.4, -0.2) is 60.1 Å². The number of amides is 2. The minimum atomic E-state index is -2.07. The van der Waals surface area contributed by atoms with Crippen molar-refractivity contribution in [2.24, 2.45) is 4.99 Å². The maximum Gasteiger partial charge on any atom is 0.331 e. The predicted octanol–water partition coefficient (Wildman–Crippen LogP) is 1.22. The molecule has 1 atom stereocenters. The smallest absolute Gasteiger partial charge is 0.331 e. The van der Waals surface area contributed by atoms with E-state index in [-0.39, 0.29) is 11.3 Å². The van der Waals surface area contributed by atoms with Gasteiger partial charge in [-0.15, -0.1) is 0 Å². The molecule has 0 aromatic heterocycles. The molecule has 2 aromatic rings. The van der Waals surface area contributed by atoms with E-state index < -0.39 is 35.7 Å². The van der Waals surface area contributed by atoms with Gasteiger partial charge in [-0.05, 0) is 30.7 Å². The normalized spacial score (nSPS) is 14.8.